The number of hydrogen-bond donors (Lipinski definition) is 0. The van der Waals surface area contributed by atoms with Gasteiger partial charge in [-0.15, -0.1) is 0 Å². The molecule has 0 fully saturated rings. The van der Waals surface area contributed by atoms with Crippen molar-refractivity contribution in [1.82, 2.24) is 15.0 Å². The third-order valence-electron chi connectivity index (χ3n) is 10.1. The van der Waals surface area contributed by atoms with Crippen LogP contribution in [-0.4, -0.2) is 15.0 Å². The van der Waals surface area contributed by atoms with Crippen LogP contribution in [0.4, 0.5) is 0 Å². The number of hydrogen-bond acceptors (Lipinski definition) is 5. The second-order valence-corrected chi connectivity index (χ2v) is 13.2. The monoisotopic (exact) mass is 665 g/mol. The summed E-state index contributed by atoms with van der Waals surface area (Å²) in [5, 5.41) is 8.73. The fourth-order valence-corrected chi connectivity index (χ4v) is 7.51. The average Bonchev–Trinajstić information content (AvgIpc) is 3.78. The minimum Gasteiger partial charge on any atom is -0.456 e. The van der Waals surface area contributed by atoms with Crippen molar-refractivity contribution in [3.05, 3.63) is 164 Å². The van der Waals surface area contributed by atoms with Crippen LogP contribution in [0.25, 0.3) is 111 Å². The molecule has 0 atom stereocenters. The molecule has 11 rings (SSSR count). The summed E-state index contributed by atoms with van der Waals surface area (Å²) in [5.41, 5.74) is 7.97. The Morgan fingerprint density at radius 2 is 0.808 bits per heavy atom. The molecule has 52 heavy (non-hydrogen) atoms. The zero-order valence-electron chi connectivity index (χ0n) is 27.7. The van der Waals surface area contributed by atoms with Crippen LogP contribution < -0.4 is 0 Å². The lowest BCUT2D eigenvalue weighted by atomic mass is 9.97. The first-order valence-corrected chi connectivity index (χ1v) is 17.3. The van der Waals surface area contributed by atoms with E-state index in [0.717, 1.165) is 93.2 Å². The van der Waals surface area contributed by atoms with Gasteiger partial charge in [-0.1, -0.05) is 115 Å². The number of fused-ring (bicyclic) bond motifs is 8. The van der Waals surface area contributed by atoms with Gasteiger partial charge in [-0.05, 0) is 81.2 Å². The molecule has 3 heterocycles. The number of aromatic nitrogens is 3. The molecule has 0 amide bonds. The Balaban J connectivity index is 1.18. The Bertz CT molecular complexity index is 3110. The molecule has 0 aliphatic rings. The number of rotatable bonds is 4. The van der Waals surface area contributed by atoms with E-state index in [-0.39, 0.29) is 0 Å². The van der Waals surface area contributed by atoms with Crippen LogP contribution in [0.2, 0.25) is 0 Å². The third kappa shape index (κ3) is 4.60. The van der Waals surface area contributed by atoms with Crippen LogP contribution in [0.1, 0.15) is 0 Å². The summed E-state index contributed by atoms with van der Waals surface area (Å²) in [4.78, 5) is 15.6. The predicted molar refractivity (Wildman–Crippen MR) is 211 cm³/mol. The molecule has 242 valence electrons. The van der Waals surface area contributed by atoms with Crippen LogP contribution in [0.5, 0.6) is 0 Å². The van der Waals surface area contributed by atoms with Crippen molar-refractivity contribution in [3.63, 3.8) is 0 Å². The lowest BCUT2D eigenvalue weighted by Gasteiger charge is -2.12. The molecule has 5 nitrogen and oxygen atoms in total. The maximum absolute atomic E-state index is 6.54. The first-order chi connectivity index (χ1) is 25.7. The van der Waals surface area contributed by atoms with Crippen molar-refractivity contribution in [2.75, 3.05) is 0 Å². The molecule has 11 aromatic rings. The van der Waals surface area contributed by atoms with E-state index in [1.54, 1.807) is 0 Å². The van der Waals surface area contributed by atoms with Gasteiger partial charge in [0.15, 0.2) is 17.5 Å². The van der Waals surface area contributed by atoms with Crippen molar-refractivity contribution in [1.29, 1.82) is 0 Å². The van der Waals surface area contributed by atoms with Crippen molar-refractivity contribution in [3.8, 4) is 45.3 Å². The SMILES string of the molecule is c1ccc2cc(-c3nc(-c4ccc5ccccc5c4)nc(-c4cc(-c5ccc6c(c5)oc5ccccc56)cc5oc6ccccc6c45)n3)ccc2c1. The summed E-state index contributed by atoms with van der Waals surface area (Å²) in [5.74, 6) is 1.78. The van der Waals surface area contributed by atoms with E-state index in [4.69, 9.17) is 23.8 Å². The van der Waals surface area contributed by atoms with Gasteiger partial charge in [-0.25, -0.2) is 15.0 Å². The summed E-state index contributed by atoms with van der Waals surface area (Å²) in [6.45, 7) is 0. The van der Waals surface area contributed by atoms with Gasteiger partial charge < -0.3 is 8.83 Å². The number of benzene rings is 8. The van der Waals surface area contributed by atoms with E-state index in [9.17, 15) is 0 Å². The van der Waals surface area contributed by atoms with Gasteiger partial charge in [0.2, 0.25) is 0 Å². The number of para-hydroxylation sites is 2. The zero-order chi connectivity index (χ0) is 34.2. The van der Waals surface area contributed by atoms with E-state index in [1.165, 1.54) is 0 Å². The highest BCUT2D eigenvalue weighted by atomic mass is 16.3. The summed E-state index contributed by atoms with van der Waals surface area (Å²) in [7, 11) is 0. The van der Waals surface area contributed by atoms with Crippen molar-refractivity contribution >= 4 is 65.4 Å². The largest absolute Gasteiger partial charge is 0.456 e. The molecule has 0 radical (unpaired) electrons. The molecule has 8 aromatic carbocycles. The van der Waals surface area contributed by atoms with Gasteiger partial charge in [0.1, 0.15) is 22.3 Å². The Hall–Kier alpha value is -7.11. The molecule has 0 aliphatic heterocycles. The average molecular weight is 666 g/mol. The molecule has 0 spiro atoms. The first kappa shape index (κ1) is 28.7. The van der Waals surface area contributed by atoms with Crippen molar-refractivity contribution in [2.24, 2.45) is 0 Å². The van der Waals surface area contributed by atoms with Gasteiger partial charge in [0.25, 0.3) is 0 Å². The van der Waals surface area contributed by atoms with E-state index in [1.807, 2.05) is 36.4 Å². The molecular formula is C47H27N3O2. The highest BCUT2D eigenvalue weighted by molar-refractivity contribution is 6.13. The standard InChI is InChI=1S/C47H27N3O2/c1-3-11-30-23-33(19-17-28(30)9-1)45-48-46(34-20-18-29-10-2-4-12-31(29)24-34)50-47(49-45)39-25-35(27-43-44(39)38-14-6-8-16-41(38)52-43)32-21-22-37-36-13-5-7-15-40(36)51-42(37)26-32/h1-27H. The van der Waals surface area contributed by atoms with Crippen LogP contribution >= 0.6 is 0 Å². The fourth-order valence-electron chi connectivity index (χ4n) is 7.51. The zero-order valence-corrected chi connectivity index (χ0v) is 27.7. The lowest BCUT2D eigenvalue weighted by Crippen LogP contribution is -2.01. The van der Waals surface area contributed by atoms with Gasteiger partial charge in [0, 0.05) is 38.2 Å². The molecule has 0 aliphatic carbocycles. The van der Waals surface area contributed by atoms with E-state index < -0.39 is 0 Å². The molecule has 5 heteroatoms. The smallest absolute Gasteiger partial charge is 0.164 e. The maximum Gasteiger partial charge on any atom is 0.164 e. The van der Waals surface area contributed by atoms with Crippen LogP contribution in [-0.2, 0) is 0 Å². The van der Waals surface area contributed by atoms with Crippen LogP contribution in [0, 0.1) is 0 Å². The van der Waals surface area contributed by atoms with Gasteiger partial charge in [0.05, 0.1) is 0 Å². The minimum absolute atomic E-state index is 0.574. The topological polar surface area (TPSA) is 65.0 Å². The fraction of sp³-hybridized carbons (Fsp3) is 0. The van der Waals surface area contributed by atoms with E-state index in [0.29, 0.717) is 17.5 Å². The molecule has 0 saturated carbocycles. The Morgan fingerprint density at radius 3 is 1.50 bits per heavy atom. The molecule has 0 N–H and O–H groups in total. The van der Waals surface area contributed by atoms with Crippen LogP contribution in [0.15, 0.2) is 173 Å². The third-order valence-corrected chi connectivity index (χ3v) is 10.1. The van der Waals surface area contributed by atoms with Gasteiger partial charge in [-0.2, -0.15) is 0 Å². The normalized spacial score (nSPS) is 11.8. The minimum atomic E-state index is 0.574. The van der Waals surface area contributed by atoms with Crippen molar-refractivity contribution in [2.45, 2.75) is 0 Å². The van der Waals surface area contributed by atoms with Gasteiger partial charge >= 0.3 is 0 Å². The second-order valence-electron chi connectivity index (χ2n) is 13.2. The molecule has 3 aromatic heterocycles. The van der Waals surface area contributed by atoms with E-state index in [2.05, 4.69) is 127 Å². The predicted octanol–water partition coefficient (Wildman–Crippen LogP) is 12.6. The van der Waals surface area contributed by atoms with Gasteiger partial charge in [-0.3, -0.25) is 0 Å². The summed E-state index contributed by atoms with van der Waals surface area (Å²) in [6.07, 6.45) is 0. The summed E-state index contributed by atoms with van der Waals surface area (Å²) >= 11 is 0. The number of nitrogens with zero attached hydrogens (tertiary/aromatic N) is 3. The molecule has 0 saturated heterocycles. The lowest BCUT2D eigenvalue weighted by molar-refractivity contribution is 0.668. The Kier molecular flexibility index (Phi) is 6.18. The molecule has 0 bridgehead atoms. The second kappa shape index (κ2) is 11.2. The summed E-state index contributed by atoms with van der Waals surface area (Å²) < 4.78 is 12.8. The first-order valence-electron chi connectivity index (χ1n) is 17.3. The Morgan fingerprint density at radius 1 is 0.308 bits per heavy atom. The Labute approximate surface area is 297 Å². The quantitative estimate of drug-likeness (QED) is 0.187. The molecule has 0 unspecified atom stereocenters. The van der Waals surface area contributed by atoms with E-state index >= 15 is 0 Å². The van der Waals surface area contributed by atoms with Crippen LogP contribution in [0.3, 0.4) is 0 Å². The highest BCUT2D eigenvalue weighted by Gasteiger charge is 2.20. The molecular weight excluding hydrogens is 639 g/mol. The maximum atomic E-state index is 6.54. The summed E-state index contributed by atoms with van der Waals surface area (Å²) in [6, 6.07) is 56.4. The van der Waals surface area contributed by atoms with Crippen molar-refractivity contribution < 1.29 is 8.83 Å². The highest BCUT2D eigenvalue weighted by Crippen LogP contribution is 2.41. The number of furan rings is 2.